The van der Waals surface area contributed by atoms with Crippen molar-refractivity contribution in [1.82, 2.24) is 14.9 Å². The van der Waals surface area contributed by atoms with Crippen LogP contribution in [0.1, 0.15) is 47.1 Å². The second-order valence-corrected chi connectivity index (χ2v) is 8.58. The number of aryl methyl sites for hydroxylation is 1. The van der Waals surface area contributed by atoms with Gasteiger partial charge in [0.05, 0.1) is 17.6 Å². The zero-order chi connectivity index (χ0) is 23.2. The fourth-order valence-corrected chi connectivity index (χ4v) is 4.08. The van der Waals surface area contributed by atoms with Gasteiger partial charge in [-0.3, -0.25) is 4.79 Å². The van der Waals surface area contributed by atoms with E-state index < -0.39 is 0 Å². The first-order valence-electron chi connectivity index (χ1n) is 11.5. The molecule has 4 aromatic rings. The zero-order valence-corrected chi connectivity index (χ0v) is 19.5. The first-order chi connectivity index (χ1) is 16.0. The van der Waals surface area contributed by atoms with Crippen molar-refractivity contribution in [3.8, 4) is 5.75 Å². The summed E-state index contributed by atoms with van der Waals surface area (Å²) >= 11 is 0. The highest BCUT2D eigenvalue weighted by Gasteiger charge is 2.13. The number of ether oxygens (including phenoxy) is 1. The average Bonchev–Trinajstić information content (AvgIpc) is 3.16. The molecule has 0 aliphatic carbocycles. The molecule has 0 atom stereocenters. The molecule has 0 spiro atoms. The van der Waals surface area contributed by atoms with Crippen LogP contribution >= 0.6 is 0 Å². The van der Waals surface area contributed by atoms with Crippen LogP contribution in [0.2, 0.25) is 0 Å². The highest BCUT2D eigenvalue weighted by molar-refractivity contribution is 5.94. The molecule has 5 nitrogen and oxygen atoms in total. The Balaban J connectivity index is 1.44. The van der Waals surface area contributed by atoms with Gasteiger partial charge in [-0.25, -0.2) is 4.98 Å². The summed E-state index contributed by atoms with van der Waals surface area (Å²) in [6, 6.07) is 24.0. The molecule has 0 saturated heterocycles. The lowest BCUT2D eigenvalue weighted by molar-refractivity contribution is 0.0953. The minimum absolute atomic E-state index is 0.0602. The normalized spacial score (nSPS) is 11.2. The van der Waals surface area contributed by atoms with Crippen LogP contribution in [0, 0.1) is 6.92 Å². The number of para-hydroxylation sites is 3. The first kappa shape index (κ1) is 22.6. The van der Waals surface area contributed by atoms with Crippen molar-refractivity contribution in [3.05, 3.63) is 95.3 Å². The summed E-state index contributed by atoms with van der Waals surface area (Å²) in [5.41, 5.74) is 5.01. The SMILES string of the molecule is Cc1cccc(C(=O)NCCc2nc3ccccc3n2CCOc2ccccc2C(C)C)c1. The predicted molar refractivity (Wildman–Crippen MR) is 133 cm³/mol. The van der Waals surface area contributed by atoms with Crippen LogP contribution in [0.3, 0.4) is 0 Å². The van der Waals surface area contributed by atoms with Gasteiger partial charge in [0.25, 0.3) is 5.91 Å². The van der Waals surface area contributed by atoms with Gasteiger partial charge in [0.15, 0.2) is 0 Å². The van der Waals surface area contributed by atoms with Gasteiger partial charge in [-0.15, -0.1) is 0 Å². The van der Waals surface area contributed by atoms with Crippen molar-refractivity contribution >= 4 is 16.9 Å². The lowest BCUT2D eigenvalue weighted by Gasteiger charge is -2.15. The summed E-state index contributed by atoms with van der Waals surface area (Å²) in [6.45, 7) is 8.10. The fourth-order valence-electron chi connectivity index (χ4n) is 4.08. The number of amides is 1. The van der Waals surface area contributed by atoms with E-state index in [4.69, 9.17) is 9.72 Å². The number of carbonyl (C=O) groups is 1. The van der Waals surface area contributed by atoms with Crippen LogP contribution in [-0.4, -0.2) is 28.6 Å². The van der Waals surface area contributed by atoms with Gasteiger partial charge in [0, 0.05) is 18.5 Å². The molecule has 1 amide bonds. The predicted octanol–water partition coefficient (Wildman–Crippen LogP) is 5.52. The monoisotopic (exact) mass is 441 g/mol. The molecule has 0 unspecified atom stereocenters. The number of carbonyl (C=O) groups excluding carboxylic acids is 1. The second-order valence-electron chi connectivity index (χ2n) is 8.58. The highest BCUT2D eigenvalue weighted by atomic mass is 16.5. The molecule has 33 heavy (non-hydrogen) atoms. The van der Waals surface area contributed by atoms with Crippen molar-refractivity contribution in [3.63, 3.8) is 0 Å². The summed E-state index contributed by atoms with van der Waals surface area (Å²) in [5.74, 6) is 2.23. The van der Waals surface area contributed by atoms with E-state index in [2.05, 4.69) is 41.9 Å². The summed E-state index contributed by atoms with van der Waals surface area (Å²) < 4.78 is 8.37. The van der Waals surface area contributed by atoms with Gasteiger partial charge < -0.3 is 14.6 Å². The number of fused-ring (bicyclic) bond motifs is 1. The van der Waals surface area contributed by atoms with Crippen LogP contribution in [0.5, 0.6) is 5.75 Å². The van der Waals surface area contributed by atoms with Gasteiger partial charge in [0.1, 0.15) is 18.2 Å². The van der Waals surface area contributed by atoms with Gasteiger partial charge in [-0.05, 0) is 48.7 Å². The van der Waals surface area contributed by atoms with E-state index in [9.17, 15) is 4.79 Å². The number of hydrogen-bond donors (Lipinski definition) is 1. The van der Waals surface area contributed by atoms with Gasteiger partial charge in [0.2, 0.25) is 0 Å². The number of hydrogen-bond acceptors (Lipinski definition) is 3. The van der Waals surface area contributed by atoms with Crippen molar-refractivity contribution in [2.75, 3.05) is 13.2 Å². The zero-order valence-electron chi connectivity index (χ0n) is 19.5. The fraction of sp³-hybridized carbons (Fsp3) is 0.286. The van der Waals surface area contributed by atoms with Crippen LogP contribution in [0.25, 0.3) is 11.0 Å². The first-order valence-corrected chi connectivity index (χ1v) is 11.5. The molecule has 170 valence electrons. The third kappa shape index (κ3) is 5.43. The van der Waals surface area contributed by atoms with E-state index in [0.29, 0.717) is 37.6 Å². The maximum Gasteiger partial charge on any atom is 0.251 e. The van der Waals surface area contributed by atoms with E-state index in [1.807, 2.05) is 61.5 Å². The largest absolute Gasteiger partial charge is 0.491 e. The minimum Gasteiger partial charge on any atom is -0.491 e. The number of benzene rings is 3. The molecule has 0 aliphatic rings. The highest BCUT2D eigenvalue weighted by Crippen LogP contribution is 2.26. The van der Waals surface area contributed by atoms with Crippen LogP contribution < -0.4 is 10.1 Å². The summed E-state index contributed by atoms with van der Waals surface area (Å²) in [4.78, 5) is 17.3. The van der Waals surface area contributed by atoms with Gasteiger partial charge >= 0.3 is 0 Å². The van der Waals surface area contributed by atoms with Gasteiger partial charge in [-0.1, -0.05) is 61.9 Å². The summed E-state index contributed by atoms with van der Waals surface area (Å²) in [5, 5.41) is 3.02. The quantitative estimate of drug-likeness (QED) is 0.372. The van der Waals surface area contributed by atoms with E-state index >= 15 is 0 Å². The molecule has 4 rings (SSSR count). The van der Waals surface area contributed by atoms with Gasteiger partial charge in [-0.2, -0.15) is 0 Å². The number of nitrogens with zero attached hydrogens (tertiary/aromatic N) is 2. The molecule has 5 heteroatoms. The number of rotatable bonds is 9. The molecule has 0 radical (unpaired) electrons. The van der Waals surface area contributed by atoms with E-state index in [1.54, 1.807) is 0 Å². The van der Waals surface area contributed by atoms with E-state index in [1.165, 1.54) is 5.56 Å². The van der Waals surface area contributed by atoms with Crippen LogP contribution in [-0.2, 0) is 13.0 Å². The smallest absolute Gasteiger partial charge is 0.251 e. The third-order valence-corrected chi connectivity index (χ3v) is 5.76. The Kier molecular flexibility index (Phi) is 7.08. The maximum absolute atomic E-state index is 12.5. The lowest BCUT2D eigenvalue weighted by Crippen LogP contribution is -2.26. The van der Waals surface area contributed by atoms with Crippen LogP contribution in [0.15, 0.2) is 72.8 Å². The maximum atomic E-state index is 12.5. The molecule has 0 fully saturated rings. The second kappa shape index (κ2) is 10.3. The Morgan fingerprint density at radius 2 is 1.82 bits per heavy atom. The summed E-state index contributed by atoms with van der Waals surface area (Å²) in [6.07, 6.45) is 0.648. The molecule has 1 heterocycles. The van der Waals surface area contributed by atoms with E-state index in [-0.39, 0.29) is 5.91 Å². The Morgan fingerprint density at radius 1 is 1.03 bits per heavy atom. The molecule has 0 aliphatic heterocycles. The van der Waals surface area contributed by atoms with E-state index in [0.717, 1.165) is 28.2 Å². The Labute approximate surface area is 195 Å². The molecule has 1 aromatic heterocycles. The van der Waals surface area contributed by atoms with Crippen molar-refractivity contribution < 1.29 is 9.53 Å². The molecule has 0 saturated carbocycles. The molecule has 3 aromatic carbocycles. The van der Waals surface area contributed by atoms with Crippen molar-refractivity contribution in [2.24, 2.45) is 0 Å². The Morgan fingerprint density at radius 3 is 2.64 bits per heavy atom. The van der Waals surface area contributed by atoms with Crippen molar-refractivity contribution in [1.29, 1.82) is 0 Å². The third-order valence-electron chi connectivity index (χ3n) is 5.76. The average molecular weight is 442 g/mol. The number of imidazole rings is 1. The van der Waals surface area contributed by atoms with Crippen LogP contribution in [0.4, 0.5) is 0 Å². The topological polar surface area (TPSA) is 56.2 Å². The molecule has 0 bridgehead atoms. The number of nitrogens with one attached hydrogen (secondary N) is 1. The molecular weight excluding hydrogens is 410 g/mol. The lowest BCUT2D eigenvalue weighted by atomic mass is 10.0. The molecular formula is C28H31N3O2. The standard InChI is InChI=1S/C28H31N3O2/c1-20(2)23-11-4-7-14-26(23)33-18-17-31-25-13-6-5-12-24(25)30-27(31)15-16-29-28(32)22-10-8-9-21(3)19-22/h4-14,19-20H,15-18H2,1-3H3,(H,29,32). The Bertz CT molecular complexity index is 1240. The Hall–Kier alpha value is -3.60. The van der Waals surface area contributed by atoms with Crippen molar-refractivity contribution in [2.45, 2.75) is 39.7 Å². The minimum atomic E-state index is -0.0602. The number of aromatic nitrogens is 2. The molecule has 1 N–H and O–H groups in total. The summed E-state index contributed by atoms with van der Waals surface area (Å²) in [7, 11) is 0.